The van der Waals surface area contributed by atoms with Crippen LogP contribution in [0.25, 0.3) is 0 Å². The SMILES string of the molecule is O=C(Nc1ccccc1)c1c(Cl)cc(Cl)nc1Cl. The standard InChI is InChI=1S/C12H7Cl3N2O/c13-8-6-9(14)17-11(15)10(8)12(18)16-7-4-2-1-3-5-7/h1-6H,(H,16,18). The first-order valence-corrected chi connectivity index (χ1v) is 6.09. The fraction of sp³-hybridized carbons (Fsp3) is 0. The Morgan fingerprint density at radius 3 is 2.39 bits per heavy atom. The lowest BCUT2D eigenvalue weighted by Crippen LogP contribution is -2.13. The molecule has 2 rings (SSSR count). The van der Waals surface area contributed by atoms with E-state index in [1.165, 1.54) is 6.07 Å². The molecule has 0 aliphatic carbocycles. The van der Waals surface area contributed by atoms with Crippen LogP contribution < -0.4 is 5.32 Å². The summed E-state index contributed by atoms with van der Waals surface area (Å²) in [4.78, 5) is 15.8. The van der Waals surface area contributed by atoms with Crippen molar-refractivity contribution in [2.24, 2.45) is 0 Å². The molecule has 1 amide bonds. The van der Waals surface area contributed by atoms with E-state index in [4.69, 9.17) is 34.8 Å². The molecule has 18 heavy (non-hydrogen) atoms. The van der Waals surface area contributed by atoms with Gasteiger partial charge in [-0.15, -0.1) is 0 Å². The summed E-state index contributed by atoms with van der Waals surface area (Å²) in [6.45, 7) is 0. The zero-order valence-electron chi connectivity index (χ0n) is 8.95. The Bertz CT molecular complexity index is 564. The van der Waals surface area contributed by atoms with Gasteiger partial charge in [0, 0.05) is 5.69 Å². The number of nitrogens with zero attached hydrogens (tertiary/aromatic N) is 1. The molecule has 1 heterocycles. The molecule has 0 saturated heterocycles. The largest absolute Gasteiger partial charge is 0.322 e. The van der Waals surface area contributed by atoms with Crippen LogP contribution in [0, 0.1) is 0 Å². The van der Waals surface area contributed by atoms with Crippen LogP contribution >= 0.6 is 34.8 Å². The first-order chi connectivity index (χ1) is 8.58. The number of halogens is 3. The number of aromatic nitrogens is 1. The molecule has 0 radical (unpaired) electrons. The van der Waals surface area contributed by atoms with Crippen molar-refractivity contribution in [3.63, 3.8) is 0 Å². The van der Waals surface area contributed by atoms with Crippen LogP contribution in [0.2, 0.25) is 15.3 Å². The molecule has 1 aromatic carbocycles. The minimum Gasteiger partial charge on any atom is -0.322 e. The number of rotatable bonds is 2. The molecule has 3 nitrogen and oxygen atoms in total. The first kappa shape index (κ1) is 13.1. The van der Waals surface area contributed by atoms with Gasteiger partial charge in [0.15, 0.2) is 0 Å². The predicted molar refractivity (Wildman–Crippen MR) is 73.7 cm³/mol. The molecular formula is C12H7Cl3N2O. The Morgan fingerprint density at radius 1 is 1.11 bits per heavy atom. The third kappa shape index (κ3) is 2.93. The summed E-state index contributed by atoms with van der Waals surface area (Å²) < 4.78 is 0. The van der Waals surface area contributed by atoms with Gasteiger partial charge in [-0.1, -0.05) is 53.0 Å². The third-order valence-corrected chi connectivity index (χ3v) is 2.92. The van der Waals surface area contributed by atoms with Crippen molar-refractivity contribution < 1.29 is 4.79 Å². The van der Waals surface area contributed by atoms with Crippen LogP contribution in [0.15, 0.2) is 36.4 Å². The summed E-state index contributed by atoms with van der Waals surface area (Å²) in [6, 6.07) is 10.3. The van der Waals surface area contributed by atoms with E-state index in [1.807, 2.05) is 6.07 Å². The minimum absolute atomic E-state index is 0.0269. The van der Waals surface area contributed by atoms with Gasteiger partial charge in [0.25, 0.3) is 5.91 Å². The van der Waals surface area contributed by atoms with Crippen molar-refractivity contribution in [3.05, 3.63) is 57.3 Å². The van der Waals surface area contributed by atoms with Crippen LogP contribution in [0.3, 0.4) is 0 Å². The van der Waals surface area contributed by atoms with Gasteiger partial charge in [0.05, 0.1) is 10.6 Å². The van der Waals surface area contributed by atoms with Crippen molar-refractivity contribution in [1.82, 2.24) is 4.98 Å². The molecule has 0 atom stereocenters. The molecule has 0 aliphatic heterocycles. The molecule has 2 aromatic rings. The van der Waals surface area contributed by atoms with Gasteiger partial charge in [-0.2, -0.15) is 0 Å². The van der Waals surface area contributed by atoms with E-state index in [0.29, 0.717) is 5.69 Å². The number of carbonyl (C=O) groups is 1. The van der Waals surface area contributed by atoms with E-state index in [0.717, 1.165) is 0 Å². The number of amides is 1. The number of nitrogens with one attached hydrogen (secondary N) is 1. The number of para-hydroxylation sites is 1. The smallest absolute Gasteiger partial charge is 0.260 e. The summed E-state index contributed by atoms with van der Waals surface area (Å²) in [6.07, 6.45) is 0. The fourth-order valence-corrected chi connectivity index (χ4v) is 2.27. The van der Waals surface area contributed by atoms with Gasteiger partial charge >= 0.3 is 0 Å². The molecule has 0 fully saturated rings. The third-order valence-electron chi connectivity index (χ3n) is 2.15. The Kier molecular flexibility index (Phi) is 4.07. The van der Waals surface area contributed by atoms with Gasteiger partial charge in [0.1, 0.15) is 10.3 Å². The second kappa shape index (κ2) is 5.57. The Labute approximate surface area is 119 Å². The van der Waals surface area contributed by atoms with Crippen molar-refractivity contribution >= 4 is 46.4 Å². The second-order valence-corrected chi connectivity index (χ2v) is 4.57. The number of benzene rings is 1. The lowest BCUT2D eigenvalue weighted by atomic mass is 10.2. The maximum atomic E-state index is 12.0. The van der Waals surface area contributed by atoms with E-state index in [-0.39, 0.29) is 20.9 Å². The van der Waals surface area contributed by atoms with E-state index < -0.39 is 5.91 Å². The predicted octanol–water partition coefficient (Wildman–Crippen LogP) is 4.29. The quantitative estimate of drug-likeness (QED) is 0.841. The Hall–Kier alpha value is -1.29. The zero-order valence-corrected chi connectivity index (χ0v) is 11.2. The van der Waals surface area contributed by atoms with Crippen LogP contribution in [0.1, 0.15) is 10.4 Å². The number of pyridine rings is 1. The maximum Gasteiger partial charge on any atom is 0.260 e. The van der Waals surface area contributed by atoms with E-state index >= 15 is 0 Å². The topological polar surface area (TPSA) is 42.0 Å². The highest BCUT2D eigenvalue weighted by molar-refractivity contribution is 6.41. The highest BCUT2D eigenvalue weighted by Gasteiger charge is 2.17. The number of carbonyl (C=O) groups excluding carboxylic acids is 1. The summed E-state index contributed by atoms with van der Waals surface area (Å²) in [5, 5.41) is 2.94. The van der Waals surface area contributed by atoms with Crippen molar-refractivity contribution in [2.45, 2.75) is 0 Å². The van der Waals surface area contributed by atoms with Crippen molar-refractivity contribution in [2.75, 3.05) is 5.32 Å². The minimum atomic E-state index is -0.430. The lowest BCUT2D eigenvalue weighted by Gasteiger charge is -2.08. The molecule has 0 saturated carbocycles. The summed E-state index contributed by atoms with van der Waals surface area (Å²) in [5.74, 6) is -0.430. The van der Waals surface area contributed by atoms with E-state index in [1.54, 1.807) is 24.3 Å². The van der Waals surface area contributed by atoms with E-state index in [9.17, 15) is 4.79 Å². The molecule has 0 unspecified atom stereocenters. The zero-order chi connectivity index (χ0) is 13.1. The molecule has 1 N–H and O–H groups in total. The van der Waals surface area contributed by atoms with Gasteiger partial charge < -0.3 is 5.32 Å². The average Bonchev–Trinajstić information content (AvgIpc) is 2.28. The Balaban J connectivity index is 2.30. The van der Waals surface area contributed by atoms with Crippen LogP contribution in [-0.4, -0.2) is 10.9 Å². The van der Waals surface area contributed by atoms with Crippen LogP contribution in [0.5, 0.6) is 0 Å². The number of anilines is 1. The highest BCUT2D eigenvalue weighted by Crippen LogP contribution is 2.26. The van der Waals surface area contributed by atoms with Gasteiger partial charge in [-0.25, -0.2) is 4.98 Å². The molecule has 0 spiro atoms. The second-order valence-electron chi connectivity index (χ2n) is 3.41. The van der Waals surface area contributed by atoms with Gasteiger partial charge in [0.2, 0.25) is 0 Å². The molecule has 1 aromatic heterocycles. The monoisotopic (exact) mass is 300 g/mol. The summed E-state index contributed by atoms with van der Waals surface area (Å²) >= 11 is 17.5. The number of hydrogen-bond donors (Lipinski definition) is 1. The molecule has 0 aliphatic rings. The van der Waals surface area contributed by atoms with Gasteiger partial charge in [-0.3, -0.25) is 4.79 Å². The summed E-state index contributed by atoms with van der Waals surface area (Å²) in [5.41, 5.74) is 0.746. The first-order valence-electron chi connectivity index (χ1n) is 4.96. The normalized spacial score (nSPS) is 10.2. The molecular weight excluding hydrogens is 295 g/mol. The van der Waals surface area contributed by atoms with Crippen molar-refractivity contribution in [3.8, 4) is 0 Å². The maximum absolute atomic E-state index is 12.0. The average molecular weight is 302 g/mol. The molecule has 92 valence electrons. The van der Waals surface area contributed by atoms with Crippen LogP contribution in [0.4, 0.5) is 5.69 Å². The van der Waals surface area contributed by atoms with Crippen molar-refractivity contribution in [1.29, 1.82) is 0 Å². The lowest BCUT2D eigenvalue weighted by molar-refractivity contribution is 0.102. The molecule has 0 bridgehead atoms. The summed E-state index contributed by atoms with van der Waals surface area (Å²) in [7, 11) is 0. The number of hydrogen-bond acceptors (Lipinski definition) is 2. The fourth-order valence-electron chi connectivity index (χ4n) is 1.37. The molecule has 6 heteroatoms. The van der Waals surface area contributed by atoms with Gasteiger partial charge in [-0.05, 0) is 18.2 Å². The van der Waals surface area contributed by atoms with E-state index in [2.05, 4.69) is 10.3 Å². The van der Waals surface area contributed by atoms with Crippen LogP contribution in [-0.2, 0) is 0 Å². The Morgan fingerprint density at radius 2 is 1.78 bits per heavy atom. The highest BCUT2D eigenvalue weighted by atomic mass is 35.5.